The molecule has 108 valence electrons. The first kappa shape index (κ1) is 15.5. The van der Waals surface area contributed by atoms with Gasteiger partial charge in [-0.05, 0) is 25.1 Å². The van der Waals surface area contributed by atoms with Crippen LogP contribution < -0.4 is 5.32 Å². The van der Waals surface area contributed by atoms with Crippen molar-refractivity contribution in [2.45, 2.75) is 18.3 Å². The molecule has 20 heavy (non-hydrogen) atoms. The van der Waals surface area contributed by atoms with Gasteiger partial charge in [-0.15, -0.1) is 11.8 Å². The van der Waals surface area contributed by atoms with Crippen LogP contribution in [0.25, 0.3) is 0 Å². The maximum absolute atomic E-state index is 12.2. The molecule has 0 aliphatic carbocycles. The number of anilines is 1. The van der Waals surface area contributed by atoms with Crippen LogP contribution in [0.2, 0.25) is 5.02 Å². The summed E-state index contributed by atoms with van der Waals surface area (Å²) in [6.07, 6.45) is 0. The summed E-state index contributed by atoms with van der Waals surface area (Å²) in [4.78, 5) is 24.7. The minimum atomic E-state index is -1.00. The number of hydrogen-bond donors (Lipinski definition) is 2. The first-order valence-corrected chi connectivity index (χ1v) is 8.01. The van der Waals surface area contributed by atoms with Crippen LogP contribution >= 0.6 is 39.3 Å². The van der Waals surface area contributed by atoms with Crippen LogP contribution in [0.4, 0.5) is 10.5 Å². The van der Waals surface area contributed by atoms with Crippen molar-refractivity contribution in [3.8, 4) is 0 Å². The topological polar surface area (TPSA) is 69.6 Å². The van der Waals surface area contributed by atoms with E-state index in [1.54, 1.807) is 25.1 Å². The van der Waals surface area contributed by atoms with Crippen molar-refractivity contribution in [1.29, 1.82) is 0 Å². The number of urea groups is 1. The minimum absolute atomic E-state index is 0.190. The number of rotatable bonds is 2. The van der Waals surface area contributed by atoms with Gasteiger partial charge in [0.2, 0.25) is 0 Å². The molecule has 2 rings (SSSR count). The van der Waals surface area contributed by atoms with Crippen molar-refractivity contribution in [3.63, 3.8) is 0 Å². The number of hydrogen-bond acceptors (Lipinski definition) is 3. The number of nitrogens with zero attached hydrogens (tertiary/aromatic N) is 1. The number of amides is 2. The number of nitrogens with one attached hydrogen (secondary N) is 1. The van der Waals surface area contributed by atoms with Crippen molar-refractivity contribution in [2.75, 3.05) is 11.1 Å². The molecule has 0 radical (unpaired) electrons. The summed E-state index contributed by atoms with van der Waals surface area (Å²) >= 11 is 10.7. The highest BCUT2D eigenvalue weighted by Crippen LogP contribution is 2.31. The van der Waals surface area contributed by atoms with E-state index in [1.165, 1.54) is 16.7 Å². The molecule has 1 aliphatic rings. The average molecular weight is 380 g/mol. The molecule has 2 amide bonds. The summed E-state index contributed by atoms with van der Waals surface area (Å²) in [7, 11) is 0. The molecule has 0 aromatic heterocycles. The van der Waals surface area contributed by atoms with Gasteiger partial charge < -0.3 is 10.4 Å². The zero-order chi connectivity index (χ0) is 14.9. The van der Waals surface area contributed by atoms with Crippen LogP contribution in [0, 0.1) is 0 Å². The number of aliphatic carboxylic acids is 1. The Morgan fingerprint density at radius 3 is 2.85 bits per heavy atom. The Kier molecular flexibility index (Phi) is 4.82. The van der Waals surface area contributed by atoms with Crippen molar-refractivity contribution in [1.82, 2.24) is 4.90 Å². The molecule has 0 spiro atoms. The van der Waals surface area contributed by atoms with E-state index in [0.717, 1.165) is 4.47 Å². The van der Waals surface area contributed by atoms with Gasteiger partial charge in [-0.3, -0.25) is 4.90 Å². The summed E-state index contributed by atoms with van der Waals surface area (Å²) in [5.41, 5.74) is 0.452. The number of carboxylic acid groups (broad SMARTS) is 1. The smallest absolute Gasteiger partial charge is 0.327 e. The van der Waals surface area contributed by atoms with Crippen LogP contribution in [-0.4, -0.2) is 39.2 Å². The quantitative estimate of drug-likeness (QED) is 0.825. The Morgan fingerprint density at radius 1 is 1.55 bits per heavy atom. The second kappa shape index (κ2) is 6.24. The molecule has 2 N–H and O–H groups in total. The number of carboxylic acids is 1. The molecule has 1 fully saturated rings. The second-order valence-corrected chi connectivity index (χ2v) is 6.92. The molecular formula is C12H12BrClN2O3S. The summed E-state index contributed by atoms with van der Waals surface area (Å²) < 4.78 is 0.800. The lowest BCUT2D eigenvalue weighted by Crippen LogP contribution is -2.46. The van der Waals surface area contributed by atoms with Crippen molar-refractivity contribution in [2.24, 2.45) is 0 Å². The van der Waals surface area contributed by atoms with Crippen LogP contribution in [0.1, 0.15) is 6.92 Å². The zero-order valence-corrected chi connectivity index (χ0v) is 13.6. The minimum Gasteiger partial charge on any atom is -0.480 e. The summed E-state index contributed by atoms with van der Waals surface area (Å²) in [5, 5.41) is 12.0. The fourth-order valence-corrected chi connectivity index (χ4v) is 3.80. The molecule has 1 aromatic rings. The molecule has 2 unspecified atom stereocenters. The third-order valence-electron chi connectivity index (χ3n) is 2.92. The van der Waals surface area contributed by atoms with Gasteiger partial charge >= 0.3 is 12.0 Å². The van der Waals surface area contributed by atoms with E-state index in [-0.39, 0.29) is 5.37 Å². The first-order chi connectivity index (χ1) is 9.40. The van der Waals surface area contributed by atoms with Gasteiger partial charge in [0, 0.05) is 10.2 Å². The predicted molar refractivity (Wildman–Crippen MR) is 83.4 cm³/mol. The fourth-order valence-electron chi connectivity index (χ4n) is 1.91. The maximum atomic E-state index is 12.2. The molecule has 1 heterocycles. The molecule has 2 atom stereocenters. The van der Waals surface area contributed by atoms with Crippen LogP contribution in [0.3, 0.4) is 0 Å². The molecular weight excluding hydrogens is 368 g/mol. The summed E-state index contributed by atoms with van der Waals surface area (Å²) in [5.74, 6) is -0.614. The molecule has 0 saturated carbocycles. The fraction of sp³-hybridized carbons (Fsp3) is 0.333. The van der Waals surface area contributed by atoms with Gasteiger partial charge in [-0.1, -0.05) is 27.5 Å². The highest BCUT2D eigenvalue weighted by molar-refractivity contribution is 9.10. The van der Waals surface area contributed by atoms with Gasteiger partial charge in [-0.2, -0.15) is 0 Å². The molecule has 8 heteroatoms. The Balaban J connectivity index is 2.16. The lowest BCUT2D eigenvalue weighted by Gasteiger charge is -2.25. The standard InChI is InChI=1S/C12H12BrClN2O3S/c1-6-16(10(5-20-6)11(17)18)12(19)15-9-3-2-7(13)4-8(9)14/h2-4,6,10H,5H2,1H3,(H,15,19)(H,17,18). The van der Waals surface area contributed by atoms with E-state index < -0.39 is 18.0 Å². The normalized spacial score (nSPS) is 21.9. The average Bonchev–Trinajstić information content (AvgIpc) is 2.75. The van der Waals surface area contributed by atoms with E-state index >= 15 is 0 Å². The molecule has 1 saturated heterocycles. The predicted octanol–water partition coefficient (Wildman–Crippen LogP) is 3.48. The van der Waals surface area contributed by atoms with E-state index in [0.29, 0.717) is 16.5 Å². The monoisotopic (exact) mass is 378 g/mol. The Bertz CT molecular complexity index is 558. The van der Waals surface area contributed by atoms with Crippen LogP contribution in [-0.2, 0) is 4.79 Å². The van der Waals surface area contributed by atoms with Crippen molar-refractivity contribution in [3.05, 3.63) is 27.7 Å². The molecule has 0 bridgehead atoms. The third-order valence-corrected chi connectivity index (χ3v) is 4.94. The lowest BCUT2D eigenvalue weighted by atomic mass is 10.3. The first-order valence-electron chi connectivity index (χ1n) is 5.79. The third kappa shape index (κ3) is 3.21. The van der Waals surface area contributed by atoms with E-state index in [4.69, 9.17) is 16.7 Å². The lowest BCUT2D eigenvalue weighted by molar-refractivity contribution is -0.141. The van der Waals surface area contributed by atoms with Gasteiger partial charge in [0.25, 0.3) is 0 Å². The van der Waals surface area contributed by atoms with Crippen molar-refractivity contribution < 1.29 is 14.7 Å². The van der Waals surface area contributed by atoms with Gasteiger partial charge in [0.05, 0.1) is 16.1 Å². The zero-order valence-electron chi connectivity index (χ0n) is 10.5. The largest absolute Gasteiger partial charge is 0.480 e. The molecule has 5 nitrogen and oxygen atoms in total. The SMILES string of the molecule is CC1SCC(C(=O)O)N1C(=O)Nc1ccc(Br)cc1Cl. The van der Waals surface area contributed by atoms with Gasteiger partial charge in [0.1, 0.15) is 6.04 Å². The highest BCUT2D eigenvalue weighted by atomic mass is 79.9. The van der Waals surface area contributed by atoms with E-state index in [9.17, 15) is 9.59 Å². The Hall–Kier alpha value is -0.920. The highest BCUT2D eigenvalue weighted by Gasteiger charge is 2.39. The van der Waals surface area contributed by atoms with E-state index in [2.05, 4.69) is 21.2 Å². The number of halogens is 2. The number of carbonyl (C=O) groups is 2. The van der Waals surface area contributed by atoms with Crippen LogP contribution in [0.5, 0.6) is 0 Å². The van der Waals surface area contributed by atoms with Crippen LogP contribution in [0.15, 0.2) is 22.7 Å². The maximum Gasteiger partial charge on any atom is 0.327 e. The second-order valence-electron chi connectivity index (χ2n) is 4.25. The number of benzene rings is 1. The Morgan fingerprint density at radius 2 is 2.25 bits per heavy atom. The number of carbonyl (C=O) groups excluding carboxylic acids is 1. The summed E-state index contributed by atoms with van der Waals surface area (Å²) in [6, 6.07) is 3.80. The Labute approximate surface area is 133 Å². The van der Waals surface area contributed by atoms with Gasteiger partial charge in [-0.25, -0.2) is 9.59 Å². The molecule has 1 aromatic carbocycles. The van der Waals surface area contributed by atoms with E-state index in [1.807, 2.05) is 0 Å². The van der Waals surface area contributed by atoms with Crippen molar-refractivity contribution >= 4 is 57.0 Å². The summed E-state index contributed by atoms with van der Waals surface area (Å²) in [6.45, 7) is 1.80. The molecule has 1 aliphatic heterocycles. The number of thioether (sulfide) groups is 1. The van der Waals surface area contributed by atoms with Gasteiger partial charge in [0.15, 0.2) is 0 Å².